The summed E-state index contributed by atoms with van der Waals surface area (Å²) >= 11 is 0. The Kier molecular flexibility index (Phi) is 59.9. The summed E-state index contributed by atoms with van der Waals surface area (Å²) in [6.07, 6.45) is 73.7. The molecule has 0 saturated carbocycles. The molecular weight excluding hydrogens is 875 g/mol. The number of unbranched alkanes of at least 4 members (excludes halogenated alkanes) is 48. The minimum absolute atomic E-state index is 0.00227. The highest BCUT2D eigenvalue weighted by Gasteiger charge is 2.20. The molecule has 0 bridgehead atoms. The van der Waals surface area contributed by atoms with E-state index in [0.29, 0.717) is 25.9 Å². The molecule has 0 aromatic heterocycles. The first kappa shape index (κ1) is 69.6. The first-order chi connectivity index (χ1) is 35.0. The van der Waals surface area contributed by atoms with E-state index in [1.807, 2.05) is 0 Å². The highest BCUT2D eigenvalue weighted by molar-refractivity contribution is 5.76. The van der Waals surface area contributed by atoms with Crippen LogP contribution in [0.1, 0.15) is 367 Å². The first-order valence-corrected chi connectivity index (χ1v) is 32.4. The number of hydrogen-bond acceptors (Lipinski definition) is 5. The van der Waals surface area contributed by atoms with Crippen LogP contribution in [-0.4, -0.2) is 47.4 Å². The standard InChI is InChI=1S/C65H127NO5/c1-3-5-7-9-11-13-15-17-19-20-21-22-23-24-26-30-33-37-41-45-49-53-57-63(68)62(61-67)66-64(69)58-54-50-46-42-38-34-31-27-25-28-32-36-40-44-48-52-56-60-71-65(70)59-55-51-47-43-39-35-29-18-16-14-12-10-8-6-4-2/h25,28,62-63,67-68H,3-24,26-27,29-61H2,1-2H3,(H,66,69)/b28-25-. The predicted molar refractivity (Wildman–Crippen MR) is 310 cm³/mol. The maximum Gasteiger partial charge on any atom is 0.305 e. The zero-order valence-corrected chi connectivity index (χ0v) is 48.2. The van der Waals surface area contributed by atoms with Crippen LogP contribution in [0.4, 0.5) is 0 Å². The fourth-order valence-electron chi connectivity index (χ4n) is 10.3. The number of aliphatic hydroxyl groups excluding tert-OH is 2. The number of esters is 1. The number of ether oxygens (including phenoxy) is 1. The Morgan fingerprint density at radius 2 is 0.662 bits per heavy atom. The Balaban J connectivity index is 3.44. The van der Waals surface area contributed by atoms with Crippen LogP contribution in [0.5, 0.6) is 0 Å². The van der Waals surface area contributed by atoms with Crippen LogP contribution in [0, 0.1) is 0 Å². The van der Waals surface area contributed by atoms with E-state index in [1.54, 1.807) is 0 Å². The lowest BCUT2D eigenvalue weighted by molar-refractivity contribution is -0.143. The van der Waals surface area contributed by atoms with Crippen LogP contribution < -0.4 is 5.32 Å². The normalized spacial score (nSPS) is 12.6. The second-order valence-corrected chi connectivity index (χ2v) is 22.5. The lowest BCUT2D eigenvalue weighted by Gasteiger charge is -2.22. The molecule has 0 aliphatic rings. The van der Waals surface area contributed by atoms with Crippen molar-refractivity contribution in [3.8, 4) is 0 Å². The quantitative estimate of drug-likeness (QED) is 0.0320. The molecule has 2 atom stereocenters. The number of allylic oxidation sites excluding steroid dienone is 2. The summed E-state index contributed by atoms with van der Waals surface area (Å²) in [5.74, 6) is -0.0403. The lowest BCUT2D eigenvalue weighted by atomic mass is 10.0. The van der Waals surface area contributed by atoms with Gasteiger partial charge in [0.25, 0.3) is 0 Å². The van der Waals surface area contributed by atoms with Crippen molar-refractivity contribution >= 4 is 11.9 Å². The summed E-state index contributed by atoms with van der Waals surface area (Å²) in [6.45, 7) is 4.97. The van der Waals surface area contributed by atoms with Crippen molar-refractivity contribution in [1.82, 2.24) is 5.32 Å². The van der Waals surface area contributed by atoms with Crippen molar-refractivity contribution in [3.63, 3.8) is 0 Å². The summed E-state index contributed by atoms with van der Waals surface area (Å²) in [6, 6.07) is -0.551. The van der Waals surface area contributed by atoms with Gasteiger partial charge in [0.05, 0.1) is 25.4 Å². The largest absolute Gasteiger partial charge is 0.466 e. The molecule has 6 nitrogen and oxygen atoms in total. The van der Waals surface area contributed by atoms with Crippen molar-refractivity contribution in [2.24, 2.45) is 0 Å². The molecule has 1 amide bonds. The fourth-order valence-corrected chi connectivity index (χ4v) is 10.3. The van der Waals surface area contributed by atoms with Gasteiger partial charge in [-0.3, -0.25) is 9.59 Å². The van der Waals surface area contributed by atoms with Crippen molar-refractivity contribution in [1.29, 1.82) is 0 Å². The van der Waals surface area contributed by atoms with Crippen LogP contribution in [0.25, 0.3) is 0 Å². The minimum Gasteiger partial charge on any atom is -0.466 e. The summed E-state index contributed by atoms with van der Waals surface area (Å²) in [4.78, 5) is 24.6. The Morgan fingerprint density at radius 1 is 0.380 bits per heavy atom. The zero-order valence-electron chi connectivity index (χ0n) is 48.2. The fraction of sp³-hybridized carbons (Fsp3) is 0.938. The molecule has 0 aliphatic heterocycles. The van der Waals surface area contributed by atoms with Gasteiger partial charge in [-0.15, -0.1) is 0 Å². The third-order valence-corrected chi connectivity index (χ3v) is 15.3. The second kappa shape index (κ2) is 61.1. The van der Waals surface area contributed by atoms with Crippen molar-refractivity contribution in [3.05, 3.63) is 12.2 Å². The first-order valence-electron chi connectivity index (χ1n) is 32.4. The molecule has 0 aliphatic carbocycles. The Hall–Kier alpha value is -1.40. The number of rotatable bonds is 61. The number of amides is 1. The lowest BCUT2D eigenvalue weighted by Crippen LogP contribution is -2.45. The molecule has 0 heterocycles. The topological polar surface area (TPSA) is 95.9 Å². The molecule has 0 spiro atoms. The molecule has 0 aromatic rings. The Labute approximate surface area is 444 Å². The molecule has 0 fully saturated rings. The van der Waals surface area contributed by atoms with Crippen molar-refractivity contribution < 1.29 is 24.5 Å². The van der Waals surface area contributed by atoms with Gasteiger partial charge < -0.3 is 20.3 Å². The molecular formula is C65H127NO5. The van der Waals surface area contributed by atoms with Gasteiger partial charge in [-0.05, 0) is 51.4 Å². The van der Waals surface area contributed by atoms with Crippen LogP contribution in [-0.2, 0) is 14.3 Å². The molecule has 3 N–H and O–H groups in total. The van der Waals surface area contributed by atoms with Crippen LogP contribution in [0.15, 0.2) is 12.2 Å². The van der Waals surface area contributed by atoms with E-state index < -0.39 is 12.1 Å². The molecule has 0 saturated heterocycles. The summed E-state index contributed by atoms with van der Waals surface area (Å²) in [5.41, 5.74) is 0. The zero-order chi connectivity index (χ0) is 51.4. The Bertz CT molecular complexity index is 1060. The van der Waals surface area contributed by atoms with Gasteiger partial charge >= 0.3 is 5.97 Å². The third kappa shape index (κ3) is 57.7. The van der Waals surface area contributed by atoms with Crippen LogP contribution in [0.2, 0.25) is 0 Å². The molecule has 422 valence electrons. The average Bonchev–Trinajstić information content (AvgIpc) is 3.37. The van der Waals surface area contributed by atoms with E-state index in [4.69, 9.17) is 4.74 Å². The SMILES string of the molecule is CCCCCCCCCCCCCCCCCCCCCCCCC(O)C(CO)NC(=O)CCCCCCCCC/C=C\CCCCCCCCOC(=O)CCCCCCCCCCCCCCCCC. The monoisotopic (exact) mass is 1000 g/mol. The van der Waals surface area contributed by atoms with Gasteiger partial charge in [-0.2, -0.15) is 0 Å². The summed E-state index contributed by atoms with van der Waals surface area (Å²) in [7, 11) is 0. The van der Waals surface area contributed by atoms with E-state index in [1.165, 1.54) is 283 Å². The number of hydrogen-bond donors (Lipinski definition) is 3. The van der Waals surface area contributed by atoms with Crippen molar-refractivity contribution in [2.45, 2.75) is 379 Å². The van der Waals surface area contributed by atoms with E-state index in [2.05, 4.69) is 31.3 Å². The second-order valence-electron chi connectivity index (χ2n) is 22.5. The number of aliphatic hydroxyl groups is 2. The van der Waals surface area contributed by atoms with Gasteiger partial charge in [0.15, 0.2) is 0 Å². The number of carbonyl (C=O) groups excluding carboxylic acids is 2. The van der Waals surface area contributed by atoms with Gasteiger partial charge in [0.2, 0.25) is 5.91 Å². The van der Waals surface area contributed by atoms with Gasteiger partial charge in [-0.1, -0.05) is 315 Å². The third-order valence-electron chi connectivity index (χ3n) is 15.3. The maximum atomic E-state index is 12.5. The maximum absolute atomic E-state index is 12.5. The smallest absolute Gasteiger partial charge is 0.305 e. The number of nitrogens with one attached hydrogen (secondary N) is 1. The van der Waals surface area contributed by atoms with E-state index in [0.717, 1.165) is 51.4 Å². The van der Waals surface area contributed by atoms with E-state index >= 15 is 0 Å². The molecule has 0 rings (SSSR count). The average molecular weight is 1000 g/mol. The predicted octanol–water partition coefficient (Wildman–Crippen LogP) is 20.4. The summed E-state index contributed by atoms with van der Waals surface area (Å²) < 4.78 is 5.48. The van der Waals surface area contributed by atoms with Crippen LogP contribution >= 0.6 is 0 Å². The van der Waals surface area contributed by atoms with Crippen molar-refractivity contribution in [2.75, 3.05) is 13.2 Å². The van der Waals surface area contributed by atoms with E-state index in [-0.39, 0.29) is 18.5 Å². The molecule has 6 heteroatoms. The molecule has 0 radical (unpaired) electrons. The van der Waals surface area contributed by atoms with Gasteiger partial charge in [0, 0.05) is 12.8 Å². The number of carbonyl (C=O) groups is 2. The van der Waals surface area contributed by atoms with Gasteiger partial charge in [-0.25, -0.2) is 0 Å². The van der Waals surface area contributed by atoms with E-state index in [9.17, 15) is 19.8 Å². The van der Waals surface area contributed by atoms with Crippen LogP contribution in [0.3, 0.4) is 0 Å². The highest BCUT2D eigenvalue weighted by atomic mass is 16.5. The molecule has 71 heavy (non-hydrogen) atoms. The molecule has 2 unspecified atom stereocenters. The molecule has 0 aromatic carbocycles. The Morgan fingerprint density at radius 3 is 1.00 bits per heavy atom. The minimum atomic E-state index is -0.673. The summed E-state index contributed by atoms with van der Waals surface area (Å²) in [5, 5.41) is 23.4. The highest BCUT2D eigenvalue weighted by Crippen LogP contribution is 2.18. The van der Waals surface area contributed by atoms with Gasteiger partial charge in [0.1, 0.15) is 0 Å².